The summed E-state index contributed by atoms with van der Waals surface area (Å²) in [5.41, 5.74) is 0. The number of carbonyl (C=O) groups excluding carboxylic acids is 1. The molecule has 0 saturated carbocycles. The zero-order chi connectivity index (χ0) is 20.6. The number of esters is 1. The molecule has 0 radical (unpaired) electrons. The Hall–Kier alpha value is -0.380. The second kappa shape index (κ2) is 15.5. The van der Waals surface area contributed by atoms with Crippen molar-refractivity contribution in [1.29, 1.82) is 0 Å². The summed E-state index contributed by atoms with van der Waals surface area (Å²) in [5.74, 6) is -0.710. The number of hydrogen-bond acceptors (Lipinski definition) is 3. The van der Waals surface area contributed by atoms with E-state index in [9.17, 15) is 19.1 Å². The van der Waals surface area contributed by atoms with Gasteiger partial charge in [0.2, 0.25) is 0 Å². The highest BCUT2D eigenvalue weighted by molar-refractivity contribution is 7.54. The monoisotopic (exact) mass is 406 g/mol. The first-order chi connectivity index (χ1) is 12.9. The summed E-state index contributed by atoms with van der Waals surface area (Å²) in [5, 5.41) is -1.66. The Kier molecular flexibility index (Phi) is 15.3. The molecule has 0 aliphatic carbocycles. The molecule has 1 atom stereocenters. The molecule has 0 aromatic carbocycles. The molecule has 0 rings (SSSR count). The number of hydrogen-bond donors (Lipinski definition) is 2. The van der Waals surface area contributed by atoms with Crippen LogP contribution in [-0.2, 0) is 14.1 Å². The molecular weight excluding hydrogens is 363 g/mol. The van der Waals surface area contributed by atoms with Gasteiger partial charge in [0.15, 0.2) is 5.16 Å². The summed E-state index contributed by atoms with van der Waals surface area (Å²) >= 11 is 0. The molecule has 2 N–H and O–H groups in total. The number of rotatable bonds is 18. The second-order valence-corrected chi connectivity index (χ2v) is 9.63. The summed E-state index contributed by atoms with van der Waals surface area (Å²) in [4.78, 5) is 32.7. The summed E-state index contributed by atoms with van der Waals surface area (Å²) < 4.78 is 17.4. The first-order valence-electron chi connectivity index (χ1n) is 11.1. The third kappa shape index (κ3) is 10.7. The minimum Gasteiger partial charge on any atom is -0.465 e. The highest BCUT2D eigenvalue weighted by atomic mass is 31.2. The van der Waals surface area contributed by atoms with Crippen molar-refractivity contribution in [1.82, 2.24) is 0 Å². The first kappa shape index (κ1) is 26.6. The molecule has 0 heterocycles. The molecule has 0 aliphatic heterocycles. The van der Waals surface area contributed by atoms with Gasteiger partial charge in [-0.05, 0) is 19.8 Å². The zero-order valence-electron chi connectivity index (χ0n) is 17.9. The van der Waals surface area contributed by atoms with E-state index < -0.39 is 18.7 Å². The normalized spacial score (nSPS) is 14.1. The van der Waals surface area contributed by atoms with E-state index in [0.717, 1.165) is 44.9 Å². The molecule has 0 aromatic rings. The van der Waals surface area contributed by atoms with Crippen molar-refractivity contribution in [3.63, 3.8) is 0 Å². The third-order valence-corrected chi connectivity index (χ3v) is 7.10. The Labute approximate surface area is 166 Å². The van der Waals surface area contributed by atoms with E-state index in [2.05, 4.69) is 13.8 Å². The third-order valence-electron chi connectivity index (χ3n) is 5.35. The SMILES string of the molecule is CCCCCCCCCC(CCCCCCCC)(C(=O)OCC)P(=O)(O)O. The van der Waals surface area contributed by atoms with Crippen LogP contribution in [0.3, 0.4) is 0 Å². The van der Waals surface area contributed by atoms with Crippen molar-refractivity contribution < 1.29 is 23.9 Å². The van der Waals surface area contributed by atoms with Crippen LogP contribution in [0.2, 0.25) is 0 Å². The van der Waals surface area contributed by atoms with E-state index in [0.29, 0.717) is 12.8 Å². The lowest BCUT2D eigenvalue weighted by molar-refractivity contribution is -0.147. The maximum atomic E-state index is 12.6. The number of carbonyl (C=O) groups is 1. The first-order valence-corrected chi connectivity index (χ1v) is 12.7. The van der Waals surface area contributed by atoms with Gasteiger partial charge < -0.3 is 14.5 Å². The Bertz CT molecular complexity index is 421. The number of ether oxygens (including phenoxy) is 1. The van der Waals surface area contributed by atoms with Gasteiger partial charge in [0.1, 0.15) is 0 Å². The van der Waals surface area contributed by atoms with Gasteiger partial charge in [-0.3, -0.25) is 9.36 Å². The van der Waals surface area contributed by atoms with Crippen LogP contribution in [0.5, 0.6) is 0 Å². The second-order valence-electron chi connectivity index (χ2n) is 7.69. The Morgan fingerprint density at radius 3 is 1.44 bits per heavy atom. The predicted molar refractivity (Wildman–Crippen MR) is 112 cm³/mol. The van der Waals surface area contributed by atoms with Crippen LogP contribution in [0, 0.1) is 0 Å². The van der Waals surface area contributed by atoms with Gasteiger partial charge in [0.05, 0.1) is 6.61 Å². The highest BCUT2D eigenvalue weighted by Crippen LogP contribution is 2.56. The topological polar surface area (TPSA) is 83.8 Å². The molecule has 162 valence electrons. The van der Waals surface area contributed by atoms with Crippen LogP contribution >= 0.6 is 7.60 Å². The highest BCUT2D eigenvalue weighted by Gasteiger charge is 2.53. The molecule has 0 spiro atoms. The molecular formula is C21H43O5P. The molecule has 0 fully saturated rings. The molecule has 6 heteroatoms. The van der Waals surface area contributed by atoms with Crippen molar-refractivity contribution >= 4 is 13.6 Å². The Balaban J connectivity index is 4.78. The summed E-state index contributed by atoms with van der Waals surface area (Å²) in [7, 11) is -4.59. The summed E-state index contributed by atoms with van der Waals surface area (Å²) in [6.07, 6.45) is 13.9. The van der Waals surface area contributed by atoms with Crippen molar-refractivity contribution in [2.45, 2.75) is 122 Å². The van der Waals surface area contributed by atoms with Crippen molar-refractivity contribution in [2.75, 3.05) is 6.61 Å². The minimum atomic E-state index is -4.59. The fourth-order valence-electron chi connectivity index (χ4n) is 3.58. The van der Waals surface area contributed by atoms with Crippen LogP contribution in [-0.4, -0.2) is 27.5 Å². The summed E-state index contributed by atoms with van der Waals surface area (Å²) in [6.45, 7) is 6.16. The van der Waals surface area contributed by atoms with E-state index in [1.54, 1.807) is 6.92 Å². The average molecular weight is 407 g/mol. The van der Waals surface area contributed by atoms with E-state index in [1.165, 1.54) is 25.7 Å². The largest absolute Gasteiger partial charge is 0.465 e. The van der Waals surface area contributed by atoms with Crippen LogP contribution in [0.4, 0.5) is 0 Å². The predicted octanol–water partition coefficient (Wildman–Crippen LogP) is 6.36. The van der Waals surface area contributed by atoms with E-state index in [4.69, 9.17) is 4.74 Å². The smallest absolute Gasteiger partial charge is 0.342 e. The molecule has 5 nitrogen and oxygen atoms in total. The van der Waals surface area contributed by atoms with Crippen LogP contribution in [0.25, 0.3) is 0 Å². The van der Waals surface area contributed by atoms with Gasteiger partial charge >= 0.3 is 13.6 Å². The molecule has 27 heavy (non-hydrogen) atoms. The van der Waals surface area contributed by atoms with Crippen molar-refractivity contribution in [3.8, 4) is 0 Å². The molecule has 0 amide bonds. The van der Waals surface area contributed by atoms with E-state index in [-0.39, 0.29) is 19.4 Å². The molecule has 1 unspecified atom stereocenters. The van der Waals surface area contributed by atoms with E-state index >= 15 is 0 Å². The van der Waals surface area contributed by atoms with Crippen LogP contribution in [0.15, 0.2) is 0 Å². The summed E-state index contributed by atoms with van der Waals surface area (Å²) in [6, 6.07) is 0. The Morgan fingerprint density at radius 2 is 1.11 bits per heavy atom. The fraction of sp³-hybridized carbons (Fsp3) is 0.952. The molecule has 0 bridgehead atoms. The lowest BCUT2D eigenvalue weighted by Gasteiger charge is -2.32. The molecule has 0 aliphatic rings. The molecule has 0 saturated heterocycles. The van der Waals surface area contributed by atoms with Gasteiger partial charge in [-0.1, -0.05) is 97.3 Å². The maximum Gasteiger partial charge on any atom is 0.342 e. The number of unbranched alkanes of at least 4 members (excludes halogenated alkanes) is 11. The van der Waals surface area contributed by atoms with E-state index in [1.807, 2.05) is 0 Å². The maximum absolute atomic E-state index is 12.6. The van der Waals surface area contributed by atoms with Crippen LogP contribution < -0.4 is 0 Å². The Morgan fingerprint density at radius 1 is 0.741 bits per heavy atom. The average Bonchev–Trinajstić information content (AvgIpc) is 2.61. The molecule has 0 aromatic heterocycles. The van der Waals surface area contributed by atoms with Crippen molar-refractivity contribution in [3.05, 3.63) is 0 Å². The zero-order valence-corrected chi connectivity index (χ0v) is 18.8. The van der Waals surface area contributed by atoms with Crippen LogP contribution in [0.1, 0.15) is 117 Å². The fourth-order valence-corrected chi connectivity index (χ4v) is 4.78. The van der Waals surface area contributed by atoms with Gasteiger partial charge in [-0.2, -0.15) is 0 Å². The van der Waals surface area contributed by atoms with Gasteiger partial charge in [-0.25, -0.2) is 0 Å². The lowest BCUT2D eigenvalue weighted by Crippen LogP contribution is -2.40. The quantitative estimate of drug-likeness (QED) is 0.157. The van der Waals surface area contributed by atoms with Gasteiger partial charge in [-0.15, -0.1) is 0 Å². The standard InChI is InChI=1S/C21H43O5P/c1-4-7-9-11-13-15-17-19-21(27(23,24)25,20(22)26-6-3)18-16-14-12-10-8-5-2/h4-19H2,1-3H3,(H2,23,24,25). The minimum absolute atomic E-state index is 0.147. The lowest BCUT2D eigenvalue weighted by atomic mass is 9.93. The van der Waals surface area contributed by atoms with Crippen molar-refractivity contribution in [2.24, 2.45) is 0 Å². The van der Waals surface area contributed by atoms with Gasteiger partial charge in [0, 0.05) is 0 Å². The van der Waals surface area contributed by atoms with Gasteiger partial charge in [0.25, 0.3) is 0 Å².